The van der Waals surface area contributed by atoms with Crippen LogP contribution in [0.5, 0.6) is 0 Å². The molecule has 1 N–H and O–H groups in total. The molecule has 1 aliphatic rings. The van der Waals surface area contributed by atoms with Crippen LogP contribution in [-0.4, -0.2) is 16.4 Å². The number of rotatable bonds is 3. The fraction of sp³-hybridized carbons (Fsp3) is 0.111. The zero-order valence-corrected chi connectivity index (χ0v) is 18.8. The van der Waals surface area contributed by atoms with Gasteiger partial charge in [-0.15, -0.1) is 0 Å². The van der Waals surface area contributed by atoms with E-state index in [1.807, 2.05) is 54.4 Å². The number of nitrogens with zero attached hydrogens (tertiary/aromatic N) is 2. The van der Waals surface area contributed by atoms with Gasteiger partial charge in [0.05, 0.1) is 17.1 Å². The molecule has 33 heavy (non-hydrogen) atoms. The Morgan fingerprint density at radius 1 is 0.909 bits per heavy atom. The van der Waals surface area contributed by atoms with E-state index in [0.717, 1.165) is 29.1 Å². The average Bonchev–Trinajstić information content (AvgIpc) is 3.19. The lowest BCUT2D eigenvalue weighted by molar-refractivity contribution is 0.0983. The lowest BCUT2D eigenvalue weighted by Crippen LogP contribution is -2.30. The normalized spacial score (nSPS) is 12.5. The van der Waals surface area contributed by atoms with Crippen molar-refractivity contribution in [3.8, 4) is 0 Å². The Labute approximate surface area is 197 Å². The van der Waals surface area contributed by atoms with Crippen molar-refractivity contribution in [2.24, 2.45) is 0 Å². The zero-order valence-electron chi connectivity index (χ0n) is 18.1. The van der Waals surface area contributed by atoms with Gasteiger partial charge < -0.3 is 14.8 Å². The van der Waals surface area contributed by atoms with Crippen molar-refractivity contribution in [2.45, 2.75) is 20.0 Å². The van der Waals surface area contributed by atoms with Crippen molar-refractivity contribution < 1.29 is 9.59 Å². The second kappa shape index (κ2) is 8.60. The molecule has 0 saturated carbocycles. The third kappa shape index (κ3) is 4.03. The second-order valence-electron chi connectivity index (χ2n) is 8.11. The SMILES string of the molecule is Cc1cc(C(=O)N2Cc3cccn3Cc3ccccc32)ccc1NC(=O)c1ccccc1Cl. The van der Waals surface area contributed by atoms with Crippen molar-refractivity contribution >= 4 is 34.8 Å². The Morgan fingerprint density at radius 2 is 1.70 bits per heavy atom. The molecule has 3 aromatic carbocycles. The number of aromatic nitrogens is 1. The molecule has 0 bridgehead atoms. The molecule has 2 amide bonds. The fourth-order valence-electron chi connectivity index (χ4n) is 4.19. The first-order chi connectivity index (χ1) is 16.0. The number of aryl methyl sites for hydroxylation is 1. The van der Waals surface area contributed by atoms with E-state index in [-0.39, 0.29) is 11.8 Å². The van der Waals surface area contributed by atoms with Crippen molar-refractivity contribution in [3.63, 3.8) is 0 Å². The van der Waals surface area contributed by atoms with Crippen molar-refractivity contribution in [3.05, 3.63) is 118 Å². The number of hydrogen-bond acceptors (Lipinski definition) is 2. The number of amides is 2. The maximum absolute atomic E-state index is 13.6. The number of carbonyl (C=O) groups is 2. The molecule has 164 valence electrons. The van der Waals surface area contributed by atoms with Gasteiger partial charge in [0.1, 0.15) is 0 Å². The van der Waals surface area contributed by atoms with Gasteiger partial charge >= 0.3 is 0 Å². The molecule has 0 unspecified atom stereocenters. The molecule has 0 atom stereocenters. The minimum absolute atomic E-state index is 0.0795. The first-order valence-electron chi connectivity index (χ1n) is 10.7. The van der Waals surface area contributed by atoms with Gasteiger partial charge in [-0.25, -0.2) is 0 Å². The Bertz CT molecular complexity index is 1380. The Morgan fingerprint density at radius 3 is 2.52 bits per heavy atom. The summed E-state index contributed by atoms with van der Waals surface area (Å²) >= 11 is 6.15. The topological polar surface area (TPSA) is 54.3 Å². The van der Waals surface area contributed by atoms with E-state index >= 15 is 0 Å². The number of carbonyl (C=O) groups excluding carboxylic acids is 2. The van der Waals surface area contributed by atoms with Crippen LogP contribution < -0.4 is 10.2 Å². The summed E-state index contributed by atoms with van der Waals surface area (Å²) < 4.78 is 2.17. The van der Waals surface area contributed by atoms with E-state index in [1.165, 1.54) is 0 Å². The molecule has 1 aromatic heterocycles. The highest BCUT2D eigenvalue weighted by molar-refractivity contribution is 6.34. The smallest absolute Gasteiger partial charge is 0.258 e. The monoisotopic (exact) mass is 455 g/mol. The van der Waals surface area contributed by atoms with Gasteiger partial charge in [0.2, 0.25) is 0 Å². The molecular formula is C27H22ClN3O2. The van der Waals surface area contributed by atoms with E-state index in [1.54, 1.807) is 36.4 Å². The van der Waals surface area contributed by atoms with E-state index in [0.29, 0.717) is 28.4 Å². The highest BCUT2D eigenvalue weighted by Crippen LogP contribution is 2.30. The minimum Gasteiger partial charge on any atom is -0.345 e. The number of benzene rings is 3. The predicted octanol–water partition coefficient (Wildman–Crippen LogP) is 5.91. The maximum atomic E-state index is 13.6. The summed E-state index contributed by atoms with van der Waals surface area (Å²) in [5.41, 5.74) is 5.51. The number of fused-ring (bicyclic) bond motifs is 2. The van der Waals surface area contributed by atoms with Crippen LogP contribution in [0.1, 0.15) is 37.5 Å². The third-order valence-corrected chi connectivity index (χ3v) is 6.28. The van der Waals surface area contributed by atoms with Crippen LogP contribution in [0.25, 0.3) is 0 Å². The Hall–Kier alpha value is -3.83. The van der Waals surface area contributed by atoms with E-state index < -0.39 is 0 Å². The minimum atomic E-state index is -0.287. The number of halogens is 1. The van der Waals surface area contributed by atoms with Gasteiger partial charge in [-0.1, -0.05) is 41.9 Å². The van der Waals surface area contributed by atoms with Crippen LogP contribution in [-0.2, 0) is 13.1 Å². The van der Waals surface area contributed by atoms with Crippen molar-refractivity contribution in [1.82, 2.24) is 4.57 Å². The van der Waals surface area contributed by atoms with Gasteiger partial charge in [-0.05, 0) is 66.6 Å². The molecule has 0 spiro atoms. The van der Waals surface area contributed by atoms with Gasteiger partial charge in [-0.2, -0.15) is 0 Å². The number of para-hydroxylation sites is 1. The van der Waals surface area contributed by atoms with E-state index in [9.17, 15) is 9.59 Å². The van der Waals surface area contributed by atoms with Gasteiger partial charge in [0.15, 0.2) is 0 Å². The fourth-order valence-corrected chi connectivity index (χ4v) is 4.42. The summed E-state index contributed by atoms with van der Waals surface area (Å²) in [5, 5.41) is 3.29. The summed E-state index contributed by atoms with van der Waals surface area (Å²) in [6.07, 6.45) is 2.04. The van der Waals surface area contributed by atoms with Crippen LogP contribution in [0.3, 0.4) is 0 Å². The Balaban J connectivity index is 1.43. The molecule has 6 heteroatoms. The number of anilines is 2. The molecule has 1 aliphatic heterocycles. The molecule has 0 aliphatic carbocycles. The van der Waals surface area contributed by atoms with Crippen LogP contribution in [0, 0.1) is 6.92 Å². The van der Waals surface area contributed by atoms with Crippen molar-refractivity contribution in [2.75, 3.05) is 10.2 Å². The molecule has 0 saturated heterocycles. The second-order valence-corrected chi connectivity index (χ2v) is 8.52. The number of nitrogens with one attached hydrogen (secondary N) is 1. The summed E-state index contributed by atoms with van der Waals surface area (Å²) in [6.45, 7) is 3.10. The molecule has 2 heterocycles. The quantitative estimate of drug-likeness (QED) is 0.417. The van der Waals surface area contributed by atoms with Gasteiger partial charge in [-0.3, -0.25) is 9.59 Å². The largest absolute Gasteiger partial charge is 0.345 e. The number of hydrogen-bond donors (Lipinski definition) is 1. The molecule has 0 radical (unpaired) electrons. The van der Waals surface area contributed by atoms with E-state index in [4.69, 9.17) is 11.6 Å². The summed E-state index contributed by atoms with van der Waals surface area (Å²) in [5.74, 6) is -0.367. The third-order valence-electron chi connectivity index (χ3n) is 5.95. The lowest BCUT2D eigenvalue weighted by Gasteiger charge is -2.23. The first kappa shape index (κ1) is 21.0. The van der Waals surface area contributed by atoms with Gasteiger partial charge in [0.25, 0.3) is 11.8 Å². The average molecular weight is 456 g/mol. The summed E-state index contributed by atoms with van der Waals surface area (Å²) in [7, 11) is 0. The van der Waals surface area contributed by atoms with E-state index in [2.05, 4.69) is 16.0 Å². The molecule has 0 fully saturated rings. The van der Waals surface area contributed by atoms with Crippen LogP contribution >= 0.6 is 11.6 Å². The summed E-state index contributed by atoms with van der Waals surface area (Å²) in [6, 6.07) is 24.3. The van der Waals surface area contributed by atoms with Gasteiger partial charge in [0, 0.05) is 35.4 Å². The van der Waals surface area contributed by atoms with Crippen LogP contribution in [0.2, 0.25) is 5.02 Å². The van der Waals surface area contributed by atoms with Crippen LogP contribution in [0.15, 0.2) is 85.1 Å². The van der Waals surface area contributed by atoms with Crippen molar-refractivity contribution in [1.29, 1.82) is 0 Å². The molecule has 5 rings (SSSR count). The Kier molecular flexibility index (Phi) is 5.48. The molecule has 4 aromatic rings. The molecule has 5 nitrogen and oxygen atoms in total. The van der Waals surface area contributed by atoms with Crippen LogP contribution in [0.4, 0.5) is 11.4 Å². The first-order valence-corrected chi connectivity index (χ1v) is 11.1. The highest BCUT2D eigenvalue weighted by atomic mass is 35.5. The molecular weight excluding hydrogens is 434 g/mol. The maximum Gasteiger partial charge on any atom is 0.258 e. The predicted molar refractivity (Wildman–Crippen MR) is 131 cm³/mol. The summed E-state index contributed by atoms with van der Waals surface area (Å²) in [4.78, 5) is 28.1. The lowest BCUT2D eigenvalue weighted by atomic mass is 10.1. The standard InChI is InChI=1S/C27H22ClN3O2/c1-18-15-19(12-13-24(18)29-26(32)22-9-3-4-10-23(22)28)27(33)31-17-21-8-6-14-30(21)16-20-7-2-5-11-25(20)31/h2-15H,16-17H2,1H3,(H,29,32). The highest BCUT2D eigenvalue weighted by Gasteiger charge is 2.25. The zero-order chi connectivity index (χ0) is 22.9.